The van der Waals surface area contributed by atoms with Crippen LogP contribution in [-0.2, 0) is 0 Å². The van der Waals surface area contributed by atoms with Gasteiger partial charge in [0.1, 0.15) is 5.75 Å². The molecule has 4 bridgehead atoms. The first-order chi connectivity index (χ1) is 9.21. The molecular formula is C17H23NO. The molecule has 4 aliphatic carbocycles. The van der Waals surface area contributed by atoms with Crippen molar-refractivity contribution in [2.24, 2.45) is 23.2 Å². The smallest absolute Gasteiger partial charge is 0.119 e. The van der Waals surface area contributed by atoms with Gasteiger partial charge in [-0.2, -0.15) is 0 Å². The molecule has 1 aromatic rings. The topological polar surface area (TPSA) is 35.2 Å². The molecule has 1 aromatic carbocycles. The van der Waals surface area contributed by atoms with Gasteiger partial charge in [0.2, 0.25) is 0 Å². The van der Waals surface area contributed by atoms with Gasteiger partial charge in [-0.25, -0.2) is 0 Å². The number of benzene rings is 1. The summed E-state index contributed by atoms with van der Waals surface area (Å²) < 4.78 is 6.09. The lowest BCUT2D eigenvalue weighted by Gasteiger charge is -2.56. The average molecular weight is 257 g/mol. The first kappa shape index (κ1) is 11.6. The zero-order valence-corrected chi connectivity index (χ0v) is 11.5. The largest absolute Gasteiger partial charge is 0.493 e. The van der Waals surface area contributed by atoms with Crippen LogP contribution in [0, 0.1) is 23.2 Å². The average Bonchev–Trinajstić information content (AvgIpc) is 2.36. The lowest BCUT2D eigenvalue weighted by Crippen LogP contribution is -2.48. The lowest BCUT2D eigenvalue weighted by atomic mass is 9.50. The summed E-state index contributed by atoms with van der Waals surface area (Å²) in [5.41, 5.74) is 7.02. The third kappa shape index (κ3) is 2.11. The maximum absolute atomic E-state index is 6.09. The predicted molar refractivity (Wildman–Crippen MR) is 77.0 cm³/mol. The van der Waals surface area contributed by atoms with Crippen molar-refractivity contribution >= 4 is 5.69 Å². The molecule has 2 heteroatoms. The highest BCUT2D eigenvalue weighted by molar-refractivity contribution is 5.41. The molecule has 5 rings (SSSR count). The molecule has 0 amide bonds. The molecule has 4 aliphatic rings. The maximum Gasteiger partial charge on any atom is 0.119 e. The van der Waals surface area contributed by atoms with Crippen molar-refractivity contribution in [1.82, 2.24) is 0 Å². The number of hydrogen-bond donors (Lipinski definition) is 1. The van der Waals surface area contributed by atoms with Gasteiger partial charge < -0.3 is 10.5 Å². The Labute approximate surface area is 115 Å². The van der Waals surface area contributed by atoms with Crippen LogP contribution < -0.4 is 10.5 Å². The van der Waals surface area contributed by atoms with Crippen molar-refractivity contribution in [3.8, 4) is 5.75 Å². The lowest BCUT2D eigenvalue weighted by molar-refractivity contribution is -0.0745. The summed E-state index contributed by atoms with van der Waals surface area (Å²) in [6.07, 6.45) is 8.74. The van der Waals surface area contributed by atoms with Gasteiger partial charge in [-0.05, 0) is 80.5 Å². The van der Waals surface area contributed by atoms with E-state index < -0.39 is 0 Å². The summed E-state index contributed by atoms with van der Waals surface area (Å²) in [5.74, 6) is 3.98. The van der Waals surface area contributed by atoms with Crippen molar-refractivity contribution in [2.45, 2.75) is 38.5 Å². The third-order valence-corrected chi connectivity index (χ3v) is 5.59. The maximum atomic E-state index is 6.09. The van der Waals surface area contributed by atoms with E-state index in [4.69, 9.17) is 10.5 Å². The van der Waals surface area contributed by atoms with E-state index >= 15 is 0 Å². The Morgan fingerprint density at radius 2 is 1.47 bits per heavy atom. The van der Waals surface area contributed by atoms with E-state index in [1.807, 2.05) is 24.3 Å². The van der Waals surface area contributed by atoms with Gasteiger partial charge in [0.15, 0.2) is 0 Å². The van der Waals surface area contributed by atoms with Gasteiger partial charge in [-0.1, -0.05) is 0 Å². The first-order valence-electron chi connectivity index (χ1n) is 7.69. The van der Waals surface area contributed by atoms with E-state index in [0.717, 1.165) is 35.8 Å². The zero-order valence-electron chi connectivity index (χ0n) is 11.5. The van der Waals surface area contributed by atoms with Crippen LogP contribution in [-0.4, -0.2) is 6.61 Å². The molecular weight excluding hydrogens is 234 g/mol. The molecule has 0 saturated heterocycles. The Morgan fingerprint density at radius 1 is 0.947 bits per heavy atom. The summed E-state index contributed by atoms with van der Waals surface area (Å²) in [6, 6.07) is 7.84. The molecule has 19 heavy (non-hydrogen) atoms. The van der Waals surface area contributed by atoms with Crippen molar-refractivity contribution in [2.75, 3.05) is 12.3 Å². The number of nitrogens with two attached hydrogens (primary N) is 1. The van der Waals surface area contributed by atoms with Gasteiger partial charge >= 0.3 is 0 Å². The summed E-state index contributed by atoms with van der Waals surface area (Å²) >= 11 is 0. The number of nitrogen functional groups attached to an aromatic ring is 1. The number of anilines is 1. The van der Waals surface area contributed by atoms with Crippen LogP contribution in [0.1, 0.15) is 38.5 Å². The SMILES string of the molecule is Nc1ccc(OCC23CC4CC(CC(C4)C2)C3)cc1. The number of ether oxygens (including phenoxy) is 1. The quantitative estimate of drug-likeness (QED) is 0.834. The van der Waals surface area contributed by atoms with Crippen molar-refractivity contribution in [1.29, 1.82) is 0 Å². The Morgan fingerprint density at radius 3 is 2.00 bits per heavy atom. The van der Waals surface area contributed by atoms with E-state index in [2.05, 4.69) is 0 Å². The predicted octanol–water partition coefficient (Wildman–Crippen LogP) is 3.86. The highest BCUT2D eigenvalue weighted by Crippen LogP contribution is 2.59. The van der Waals surface area contributed by atoms with Gasteiger partial charge in [-0.3, -0.25) is 0 Å². The van der Waals surface area contributed by atoms with E-state index in [1.54, 1.807) is 0 Å². The summed E-state index contributed by atoms with van der Waals surface area (Å²) in [4.78, 5) is 0. The van der Waals surface area contributed by atoms with E-state index in [9.17, 15) is 0 Å². The Kier molecular flexibility index (Phi) is 2.54. The zero-order chi connectivity index (χ0) is 12.9. The fourth-order valence-corrected chi connectivity index (χ4v) is 5.27. The minimum absolute atomic E-state index is 0.496. The molecule has 0 aromatic heterocycles. The Bertz CT molecular complexity index is 429. The summed E-state index contributed by atoms with van der Waals surface area (Å²) in [5, 5.41) is 0. The van der Waals surface area contributed by atoms with Crippen LogP contribution in [0.3, 0.4) is 0 Å². The molecule has 0 unspecified atom stereocenters. The van der Waals surface area contributed by atoms with Gasteiger partial charge in [0.05, 0.1) is 6.61 Å². The second kappa shape index (κ2) is 4.16. The fourth-order valence-electron chi connectivity index (χ4n) is 5.27. The van der Waals surface area contributed by atoms with Gasteiger partial charge in [-0.15, -0.1) is 0 Å². The molecule has 4 saturated carbocycles. The number of rotatable bonds is 3. The number of hydrogen-bond acceptors (Lipinski definition) is 2. The van der Waals surface area contributed by atoms with Crippen LogP contribution >= 0.6 is 0 Å². The van der Waals surface area contributed by atoms with Crippen molar-refractivity contribution in [3.63, 3.8) is 0 Å². The highest BCUT2D eigenvalue weighted by Gasteiger charge is 2.51. The molecule has 0 heterocycles. The normalized spacial score (nSPS) is 39.5. The second-order valence-electron chi connectivity index (χ2n) is 7.28. The minimum atomic E-state index is 0.496. The summed E-state index contributed by atoms with van der Waals surface area (Å²) in [7, 11) is 0. The minimum Gasteiger partial charge on any atom is -0.493 e. The van der Waals surface area contributed by atoms with Crippen LogP contribution in [0.2, 0.25) is 0 Å². The molecule has 0 atom stereocenters. The molecule has 0 radical (unpaired) electrons. The van der Waals surface area contributed by atoms with Crippen LogP contribution in [0.5, 0.6) is 5.75 Å². The van der Waals surface area contributed by atoms with Crippen LogP contribution in [0.15, 0.2) is 24.3 Å². The van der Waals surface area contributed by atoms with E-state index in [0.29, 0.717) is 5.41 Å². The first-order valence-corrected chi connectivity index (χ1v) is 7.69. The third-order valence-electron chi connectivity index (χ3n) is 5.59. The molecule has 2 N–H and O–H groups in total. The molecule has 102 valence electrons. The molecule has 0 spiro atoms. The Hall–Kier alpha value is -1.18. The van der Waals surface area contributed by atoms with Crippen LogP contribution in [0.4, 0.5) is 5.69 Å². The van der Waals surface area contributed by atoms with Crippen molar-refractivity contribution in [3.05, 3.63) is 24.3 Å². The van der Waals surface area contributed by atoms with Gasteiger partial charge in [0.25, 0.3) is 0 Å². The van der Waals surface area contributed by atoms with Crippen LogP contribution in [0.25, 0.3) is 0 Å². The standard InChI is InChI=1S/C17H23NO/c18-15-1-3-16(4-2-15)19-11-17-8-12-5-13(9-17)7-14(6-12)10-17/h1-4,12-14H,5-11,18H2. The fraction of sp³-hybridized carbons (Fsp3) is 0.647. The summed E-state index contributed by atoms with van der Waals surface area (Å²) in [6.45, 7) is 0.917. The highest BCUT2D eigenvalue weighted by atomic mass is 16.5. The molecule has 4 fully saturated rings. The van der Waals surface area contributed by atoms with E-state index in [1.165, 1.54) is 38.5 Å². The Balaban J connectivity index is 1.46. The second-order valence-corrected chi connectivity index (χ2v) is 7.28. The van der Waals surface area contributed by atoms with E-state index in [-0.39, 0.29) is 0 Å². The monoisotopic (exact) mass is 257 g/mol. The van der Waals surface area contributed by atoms with Crippen molar-refractivity contribution < 1.29 is 4.74 Å². The molecule has 0 aliphatic heterocycles. The van der Waals surface area contributed by atoms with Gasteiger partial charge in [0, 0.05) is 11.1 Å². The molecule has 2 nitrogen and oxygen atoms in total.